The fourth-order valence-electron chi connectivity index (χ4n) is 6.71. The van der Waals surface area contributed by atoms with Gasteiger partial charge >= 0.3 is 0 Å². The zero-order valence-electron chi connectivity index (χ0n) is 23.9. The Morgan fingerprint density at radius 1 is 0.364 bits per heavy atom. The first-order valence-electron chi connectivity index (χ1n) is 15.0. The highest BCUT2D eigenvalue weighted by atomic mass is 16.3. The van der Waals surface area contributed by atoms with Crippen LogP contribution in [0.15, 0.2) is 168 Å². The second-order valence-electron chi connectivity index (χ2n) is 11.4. The molecule has 0 fully saturated rings. The van der Waals surface area contributed by atoms with E-state index in [9.17, 15) is 0 Å². The fraction of sp³-hybridized carbons (Fsp3) is 0. The first kappa shape index (κ1) is 24.7. The van der Waals surface area contributed by atoms with E-state index in [0.29, 0.717) is 0 Å². The van der Waals surface area contributed by atoms with Gasteiger partial charge in [0, 0.05) is 32.8 Å². The summed E-state index contributed by atoms with van der Waals surface area (Å²) < 4.78 is 8.98. The normalized spacial score (nSPS) is 11.6. The quantitative estimate of drug-likeness (QED) is 0.209. The summed E-state index contributed by atoms with van der Waals surface area (Å²) in [7, 11) is 0. The molecule has 44 heavy (non-hydrogen) atoms. The van der Waals surface area contributed by atoms with E-state index >= 15 is 0 Å². The maximum absolute atomic E-state index is 6.59. The van der Waals surface area contributed by atoms with Crippen molar-refractivity contribution in [1.29, 1.82) is 0 Å². The number of fused-ring (bicyclic) bond motifs is 6. The number of para-hydroxylation sites is 3. The van der Waals surface area contributed by atoms with Gasteiger partial charge in [-0.25, -0.2) is 0 Å². The number of rotatable bonds is 4. The van der Waals surface area contributed by atoms with E-state index in [4.69, 9.17) is 4.42 Å². The molecule has 0 radical (unpaired) electrons. The van der Waals surface area contributed by atoms with Crippen LogP contribution in [-0.4, -0.2) is 4.57 Å². The van der Waals surface area contributed by atoms with E-state index < -0.39 is 0 Å². The molecule has 0 aliphatic heterocycles. The predicted octanol–water partition coefficient (Wildman–Crippen LogP) is 11.7. The lowest BCUT2D eigenvalue weighted by molar-refractivity contribution is 0.670. The number of aromatic nitrogens is 1. The Kier molecular flexibility index (Phi) is 5.54. The lowest BCUT2D eigenvalue weighted by atomic mass is 9.96. The van der Waals surface area contributed by atoms with Crippen LogP contribution < -0.4 is 0 Å². The molecule has 9 rings (SSSR count). The molecule has 0 aliphatic rings. The van der Waals surface area contributed by atoms with Crippen LogP contribution in [-0.2, 0) is 0 Å². The number of hydrogen-bond acceptors (Lipinski definition) is 1. The van der Waals surface area contributed by atoms with Gasteiger partial charge in [-0.1, -0.05) is 127 Å². The van der Waals surface area contributed by atoms with Gasteiger partial charge in [-0.15, -0.1) is 0 Å². The molecule has 0 unspecified atom stereocenters. The zero-order valence-corrected chi connectivity index (χ0v) is 23.9. The van der Waals surface area contributed by atoms with Crippen LogP contribution in [0.5, 0.6) is 0 Å². The number of furan rings is 1. The topological polar surface area (TPSA) is 18.1 Å². The van der Waals surface area contributed by atoms with Gasteiger partial charge in [0.2, 0.25) is 0 Å². The van der Waals surface area contributed by atoms with Crippen LogP contribution >= 0.6 is 0 Å². The summed E-state index contributed by atoms with van der Waals surface area (Å²) in [5.74, 6) is 0. The minimum Gasteiger partial charge on any atom is -0.455 e. The van der Waals surface area contributed by atoms with E-state index in [1.54, 1.807) is 0 Å². The van der Waals surface area contributed by atoms with E-state index in [1.807, 2.05) is 6.07 Å². The predicted molar refractivity (Wildman–Crippen MR) is 184 cm³/mol. The smallest absolute Gasteiger partial charge is 0.143 e. The van der Waals surface area contributed by atoms with Crippen molar-refractivity contribution in [2.75, 3.05) is 0 Å². The number of benzene rings is 7. The van der Waals surface area contributed by atoms with E-state index in [1.165, 1.54) is 44.1 Å². The lowest BCUT2D eigenvalue weighted by Gasteiger charge is -2.13. The van der Waals surface area contributed by atoms with Gasteiger partial charge in [0.05, 0.1) is 11.0 Å². The van der Waals surface area contributed by atoms with Gasteiger partial charge in [-0.3, -0.25) is 0 Å². The second kappa shape index (κ2) is 9.86. The monoisotopic (exact) mass is 561 g/mol. The van der Waals surface area contributed by atoms with Crippen LogP contribution in [0.25, 0.3) is 82.8 Å². The molecule has 0 aliphatic carbocycles. The molecule has 0 saturated heterocycles. The number of nitrogens with zero attached hydrogens (tertiary/aromatic N) is 1. The molecular weight excluding hydrogens is 534 g/mol. The summed E-state index contributed by atoms with van der Waals surface area (Å²) in [6.45, 7) is 0. The highest BCUT2D eigenvalue weighted by Gasteiger charge is 2.18. The minimum atomic E-state index is 0.899. The third-order valence-electron chi connectivity index (χ3n) is 8.80. The van der Waals surface area contributed by atoms with Gasteiger partial charge in [0.25, 0.3) is 0 Å². The van der Waals surface area contributed by atoms with Crippen molar-refractivity contribution >= 4 is 43.7 Å². The van der Waals surface area contributed by atoms with Crippen LogP contribution in [0.1, 0.15) is 0 Å². The Hall–Kier alpha value is -5.86. The van der Waals surface area contributed by atoms with E-state index in [2.05, 4.69) is 162 Å². The molecule has 2 heteroatoms. The maximum atomic E-state index is 6.59. The summed E-state index contributed by atoms with van der Waals surface area (Å²) in [5, 5.41) is 4.75. The molecular formula is C42H27NO. The van der Waals surface area contributed by atoms with Crippen molar-refractivity contribution in [3.8, 4) is 39.1 Å². The largest absolute Gasteiger partial charge is 0.455 e. The molecule has 7 aromatic carbocycles. The first-order chi connectivity index (χ1) is 21.8. The molecule has 0 saturated carbocycles. The van der Waals surface area contributed by atoms with Gasteiger partial charge in [-0.05, 0) is 64.2 Å². The van der Waals surface area contributed by atoms with Gasteiger partial charge in [-0.2, -0.15) is 0 Å². The average molecular weight is 562 g/mol. The summed E-state index contributed by atoms with van der Waals surface area (Å²) in [5.41, 5.74) is 12.3. The third kappa shape index (κ3) is 3.89. The second-order valence-corrected chi connectivity index (χ2v) is 11.4. The lowest BCUT2D eigenvalue weighted by Crippen LogP contribution is -1.95. The van der Waals surface area contributed by atoms with E-state index in [0.717, 1.165) is 38.8 Å². The molecule has 0 N–H and O–H groups in total. The first-order valence-corrected chi connectivity index (χ1v) is 15.0. The van der Waals surface area contributed by atoms with Crippen molar-refractivity contribution in [2.45, 2.75) is 0 Å². The average Bonchev–Trinajstić information content (AvgIpc) is 3.64. The molecule has 9 aromatic rings. The molecule has 206 valence electrons. The summed E-state index contributed by atoms with van der Waals surface area (Å²) >= 11 is 0. The Balaban J connectivity index is 1.26. The fourth-order valence-corrected chi connectivity index (χ4v) is 6.71. The summed E-state index contributed by atoms with van der Waals surface area (Å²) in [6.07, 6.45) is 0. The maximum Gasteiger partial charge on any atom is 0.143 e. The molecule has 2 heterocycles. The Bertz CT molecular complexity index is 2430. The van der Waals surface area contributed by atoms with Gasteiger partial charge in [0.1, 0.15) is 11.2 Å². The number of hydrogen-bond donors (Lipinski definition) is 0. The van der Waals surface area contributed by atoms with Crippen molar-refractivity contribution in [1.82, 2.24) is 4.57 Å². The van der Waals surface area contributed by atoms with Crippen LogP contribution in [0, 0.1) is 0 Å². The molecule has 0 bridgehead atoms. The molecule has 0 spiro atoms. The molecule has 0 atom stereocenters. The van der Waals surface area contributed by atoms with Crippen molar-refractivity contribution in [3.05, 3.63) is 164 Å². The van der Waals surface area contributed by atoms with Crippen molar-refractivity contribution < 1.29 is 4.42 Å². The van der Waals surface area contributed by atoms with E-state index in [-0.39, 0.29) is 0 Å². The molecule has 2 nitrogen and oxygen atoms in total. The van der Waals surface area contributed by atoms with Gasteiger partial charge in [0.15, 0.2) is 0 Å². The van der Waals surface area contributed by atoms with Gasteiger partial charge < -0.3 is 8.98 Å². The van der Waals surface area contributed by atoms with Crippen molar-refractivity contribution in [3.63, 3.8) is 0 Å². The standard InChI is InChI=1S/C42H27NO/c1-2-11-28(12-3-1)29-21-23-30(24-22-29)31-13-10-14-32(25-31)37-26-33(27-38-36-17-6-9-20-41(36)44-42(37)38)43-39-18-7-4-15-34(39)35-16-5-8-19-40(35)43/h1-27H. The Morgan fingerprint density at radius 3 is 1.64 bits per heavy atom. The van der Waals surface area contributed by atoms with Crippen LogP contribution in [0.3, 0.4) is 0 Å². The third-order valence-corrected chi connectivity index (χ3v) is 8.80. The minimum absolute atomic E-state index is 0.899. The summed E-state index contributed by atoms with van der Waals surface area (Å²) in [6, 6.07) is 58.5. The Labute approximate surface area is 255 Å². The highest BCUT2D eigenvalue weighted by Crippen LogP contribution is 2.41. The molecule has 2 aromatic heterocycles. The Morgan fingerprint density at radius 2 is 0.909 bits per heavy atom. The highest BCUT2D eigenvalue weighted by molar-refractivity contribution is 6.13. The van der Waals surface area contributed by atoms with Crippen molar-refractivity contribution in [2.24, 2.45) is 0 Å². The zero-order chi connectivity index (χ0) is 29.0. The summed E-state index contributed by atoms with van der Waals surface area (Å²) in [4.78, 5) is 0. The SMILES string of the molecule is c1ccc(-c2ccc(-c3cccc(-c4cc(-n5c6ccccc6c6ccccc65)cc5c4oc4ccccc45)c3)cc2)cc1. The van der Waals surface area contributed by atoms with Crippen LogP contribution in [0.2, 0.25) is 0 Å². The van der Waals surface area contributed by atoms with Crippen LogP contribution in [0.4, 0.5) is 0 Å². The molecule has 0 amide bonds.